The predicted molar refractivity (Wildman–Crippen MR) is 119 cm³/mol. The average molecular weight is 416 g/mol. The van der Waals surface area contributed by atoms with Crippen LogP contribution >= 0.6 is 0 Å². The second kappa shape index (κ2) is 7.04. The molecule has 4 saturated carbocycles. The lowest BCUT2D eigenvalue weighted by atomic mass is 9.48. The highest BCUT2D eigenvalue weighted by molar-refractivity contribution is 5.96. The Morgan fingerprint density at radius 3 is 2.35 bits per heavy atom. The van der Waals surface area contributed by atoms with E-state index in [2.05, 4.69) is 28.0 Å². The van der Waals surface area contributed by atoms with E-state index in [1.54, 1.807) is 12.1 Å². The van der Waals surface area contributed by atoms with E-state index in [1.165, 1.54) is 61.6 Å². The van der Waals surface area contributed by atoms with Crippen LogP contribution in [0.5, 0.6) is 0 Å². The number of nitrogens with zero attached hydrogens (tertiary/aromatic N) is 1. The van der Waals surface area contributed by atoms with E-state index in [0.29, 0.717) is 11.4 Å². The Bertz CT molecular complexity index is 1140. The van der Waals surface area contributed by atoms with Gasteiger partial charge < -0.3 is 0 Å². The lowest BCUT2D eigenvalue weighted by Gasteiger charge is -2.57. The quantitative estimate of drug-likeness (QED) is 0.546. The van der Waals surface area contributed by atoms with Gasteiger partial charge in [-0.25, -0.2) is 9.37 Å². The van der Waals surface area contributed by atoms with Gasteiger partial charge in [-0.05, 0) is 97.6 Å². The lowest BCUT2D eigenvalue weighted by molar-refractivity contribution is -0.00453. The van der Waals surface area contributed by atoms with Gasteiger partial charge in [0.25, 0.3) is 5.91 Å². The van der Waals surface area contributed by atoms with Crippen molar-refractivity contribution in [3.8, 4) is 0 Å². The molecule has 3 aromatic rings. The number of hydrazine groups is 1. The third kappa shape index (κ3) is 3.27. The fourth-order valence-corrected chi connectivity index (χ4v) is 6.93. The van der Waals surface area contributed by atoms with Crippen LogP contribution in [0, 0.1) is 23.6 Å². The molecule has 31 heavy (non-hydrogen) atoms. The maximum atomic E-state index is 13.4. The molecule has 2 aromatic carbocycles. The normalized spacial score (nSPS) is 28.6. The minimum absolute atomic E-state index is 0.169. The van der Waals surface area contributed by atoms with Gasteiger partial charge in [-0.1, -0.05) is 24.3 Å². The maximum Gasteiger partial charge on any atom is 0.288 e. The van der Waals surface area contributed by atoms with Crippen LogP contribution in [0.3, 0.4) is 0 Å². The van der Waals surface area contributed by atoms with E-state index in [1.807, 2.05) is 18.2 Å². The second-order valence-electron chi connectivity index (χ2n) is 9.86. The summed E-state index contributed by atoms with van der Waals surface area (Å²) >= 11 is 0. The second-order valence-corrected chi connectivity index (χ2v) is 9.86. The van der Waals surface area contributed by atoms with Crippen molar-refractivity contribution in [2.45, 2.75) is 43.9 Å². The molecule has 5 heteroatoms. The van der Waals surface area contributed by atoms with Gasteiger partial charge in [0.05, 0.1) is 11.2 Å². The van der Waals surface area contributed by atoms with Crippen LogP contribution in [0.25, 0.3) is 10.9 Å². The zero-order valence-corrected chi connectivity index (χ0v) is 17.4. The number of benzene rings is 2. The third-order valence-electron chi connectivity index (χ3n) is 7.70. The summed E-state index contributed by atoms with van der Waals surface area (Å²) < 4.78 is 13.4. The van der Waals surface area contributed by atoms with E-state index >= 15 is 0 Å². The van der Waals surface area contributed by atoms with E-state index in [9.17, 15) is 9.18 Å². The molecule has 1 heterocycles. The molecule has 4 aliphatic carbocycles. The van der Waals surface area contributed by atoms with Crippen molar-refractivity contribution in [3.63, 3.8) is 0 Å². The Morgan fingerprint density at radius 1 is 0.935 bits per heavy atom. The van der Waals surface area contributed by atoms with E-state index in [4.69, 9.17) is 0 Å². The Kier molecular flexibility index (Phi) is 4.27. The number of hydrogen-bond donors (Lipinski definition) is 2. The molecule has 0 unspecified atom stereocenters. The van der Waals surface area contributed by atoms with Gasteiger partial charge in [0, 0.05) is 5.39 Å². The van der Waals surface area contributed by atoms with Gasteiger partial charge in [-0.15, -0.1) is 0 Å². The summed E-state index contributed by atoms with van der Waals surface area (Å²) in [4.78, 5) is 17.7. The highest BCUT2D eigenvalue weighted by Gasteiger charge is 2.52. The Labute approximate surface area is 181 Å². The summed E-state index contributed by atoms with van der Waals surface area (Å²) in [6.07, 6.45) is 7.84. The molecule has 0 atom stereocenters. The van der Waals surface area contributed by atoms with Gasteiger partial charge in [-0.3, -0.25) is 15.6 Å². The molecule has 158 valence electrons. The van der Waals surface area contributed by atoms with Gasteiger partial charge in [0.2, 0.25) is 0 Å². The van der Waals surface area contributed by atoms with Crippen LogP contribution in [0.2, 0.25) is 0 Å². The first-order valence-electron chi connectivity index (χ1n) is 11.3. The molecule has 4 nitrogen and oxygen atoms in total. The Balaban J connectivity index is 1.36. The number of carbonyl (C=O) groups excluding carboxylic acids is 1. The molecule has 0 saturated heterocycles. The van der Waals surface area contributed by atoms with Gasteiger partial charge in [0.15, 0.2) is 0 Å². The van der Waals surface area contributed by atoms with Crippen molar-refractivity contribution in [1.29, 1.82) is 0 Å². The zero-order chi connectivity index (χ0) is 21.0. The molecule has 2 N–H and O–H groups in total. The number of amides is 1. The fourth-order valence-electron chi connectivity index (χ4n) is 6.93. The molecule has 7 rings (SSSR count). The zero-order valence-electron chi connectivity index (χ0n) is 17.4. The Hall–Kier alpha value is -2.95. The highest BCUT2D eigenvalue weighted by Crippen LogP contribution is 2.61. The predicted octanol–water partition coefficient (Wildman–Crippen LogP) is 5.60. The largest absolute Gasteiger partial charge is 0.298 e. The number of hydrogen-bond acceptors (Lipinski definition) is 3. The number of carbonyl (C=O) groups is 1. The van der Waals surface area contributed by atoms with E-state index < -0.39 is 0 Å². The van der Waals surface area contributed by atoms with Crippen molar-refractivity contribution in [3.05, 3.63) is 71.7 Å². The summed E-state index contributed by atoms with van der Waals surface area (Å²) in [6.45, 7) is 0. The van der Waals surface area contributed by atoms with Crippen LogP contribution in [-0.2, 0) is 5.41 Å². The van der Waals surface area contributed by atoms with Crippen LogP contribution in [0.4, 0.5) is 10.1 Å². The molecule has 4 aliphatic rings. The van der Waals surface area contributed by atoms with Crippen LogP contribution in [0.15, 0.2) is 54.6 Å². The van der Waals surface area contributed by atoms with Crippen molar-refractivity contribution < 1.29 is 9.18 Å². The van der Waals surface area contributed by atoms with Crippen molar-refractivity contribution >= 4 is 22.5 Å². The number of rotatable bonds is 4. The summed E-state index contributed by atoms with van der Waals surface area (Å²) in [6, 6.07) is 16.2. The molecule has 1 amide bonds. The number of nitrogens with one attached hydrogen (secondary N) is 2. The highest BCUT2D eigenvalue weighted by atomic mass is 19.1. The lowest BCUT2D eigenvalue weighted by Crippen LogP contribution is -2.48. The van der Waals surface area contributed by atoms with Crippen molar-refractivity contribution in [1.82, 2.24) is 10.4 Å². The van der Waals surface area contributed by atoms with Gasteiger partial charge >= 0.3 is 0 Å². The standard InChI is InChI=1S/C26H26FN3O/c27-19-4-3-5-20(11-19)29-30-25(31)24-12-22(21-6-1-2-7-23(21)28-24)26-13-16-8-17(14-26)10-18(9-16)15-26/h1-7,11-12,16-18,29H,8-10,13-15H2,(H,30,31). The molecule has 0 radical (unpaired) electrons. The summed E-state index contributed by atoms with van der Waals surface area (Å²) in [5.41, 5.74) is 8.74. The monoisotopic (exact) mass is 415 g/mol. The van der Waals surface area contributed by atoms with Crippen LogP contribution in [0.1, 0.15) is 54.6 Å². The molecular formula is C26H26FN3O. The number of anilines is 1. The summed E-state index contributed by atoms with van der Waals surface area (Å²) in [7, 11) is 0. The molecule has 1 aromatic heterocycles. The Morgan fingerprint density at radius 2 is 1.65 bits per heavy atom. The first-order valence-corrected chi connectivity index (χ1v) is 11.3. The first kappa shape index (κ1) is 18.8. The number of aromatic nitrogens is 1. The average Bonchev–Trinajstić information content (AvgIpc) is 2.76. The van der Waals surface area contributed by atoms with E-state index in [0.717, 1.165) is 23.3 Å². The molecule has 4 bridgehead atoms. The molecule has 0 spiro atoms. The molecule has 4 fully saturated rings. The summed E-state index contributed by atoms with van der Waals surface area (Å²) in [5.74, 6) is 1.81. The topological polar surface area (TPSA) is 54.0 Å². The minimum Gasteiger partial charge on any atom is -0.298 e. The summed E-state index contributed by atoms with van der Waals surface area (Å²) in [5, 5.41) is 1.18. The number of pyridine rings is 1. The number of para-hydroxylation sites is 1. The van der Waals surface area contributed by atoms with Crippen LogP contribution in [-0.4, -0.2) is 10.9 Å². The number of fused-ring (bicyclic) bond motifs is 1. The SMILES string of the molecule is O=C(NNc1cccc(F)c1)c1cc(C23CC4CC(CC(C4)C2)C3)c2ccccc2n1. The third-order valence-corrected chi connectivity index (χ3v) is 7.70. The molecular weight excluding hydrogens is 389 g/mol. The van der Waals surface area contributed by atoms with Crippen molar-refractivity contribution in [2.24, 2.45) is 17.8 Å². The van der Waals surface area contributed by atoms with Gasteiger partial charge in [-0.2, -0.15) is 0 Å². The maximum absolute atomic E-state index is 13.4. The van der Waals surface area contributed by atoms with Crippen LogP contribution < -0.4 is 10.9 Å². The number of halogens is 1. The van der Waals surface area contributed by atoms with Gasteiger partial charge in [0.1, 0.15) is 11.5 Å². The first-order chi connectivity index (χ1) is 15.1. The smallest absolute Gasteiger partial charge is 0.288 e. The molecule has 0 aliphatic heterocycles. The fraction of sp³-hybridized carbons (Fsp3) is 0.385. The van der Waals surface area contributed by atoms with Crippen molar-refractivity contribution in [2.75, 3.05) is 5.43 Å². The minimum atomic E-state index is -0.354. The van der Waals surface area contributed by atoms with E-state index in [-0.39, 0.29) is 17.1 Å².